The molecule has 2 heteroatoms. The van der Waals surface area contributed by atoms with Gasteiger partial charge < -0.3 is 9.80 Å². The van der Waals surface area contributed by atoms with Gasteiger partial charge in [0, 0.05) is 13.1 Å². The van der Waals surface area contributed by atoms with E-state index < -0.39 is 0 Å². The maximum Gasteiger partial charge on any atom is 0.000977 e. The van der Waals surface area contributed by atoms with E-state index in [2.05, 4.69) is 51.6 Å². The van der Waals surface area contributed by atoms with Crippen molar-refractivity contribution in [2.24, 2.45) is 11.8 Å². The van der Waals surface area contributed by atoms with E-state index in [1.165, 1.54) is 212 Å². The Kier molecular flexibility index (Phi) is 34.7. The summed E-state index contributed by atoms with van der Waals surface area (Å²) in [5.74, 6) is 1.86. The first kappa shape index (κ1) is 42.9. The Bertz CT molecular complexity index is 470. The quantitative estimate of drug-likeness (QED) is 0.0654. The molecule has 2 nitrogen and oxygen atoms in total. The van der Waals surface area contributed by atoms with E-state index in [-0.39, 0.29) is 0 Å². The molecule has 0 aromatic rings. The molecule has 2 unspecified atom stereocenters. The number of nitrogens with zero attached hydrogens (tertiary/aromatic N) is 2. The SMILES string of the molecule is CCCCCCCCC(CCCCCC)CN(CCCCCCCN(C)C)CC(CCCCCC)CCCCCCCC. The molecule has 0 fully saturated rings. The molecule has 0 aromatic carbocycles. The Morgan fingerprint density at radius 1 is 0.326 bits per heavy atom. The van der Waals surface area contributed by atoms with Crippen LogP contribution < -0.4 is 0 Å². The lowest BCUT2D eigenvalue weighted by atomic mass is 9.91. The summed E-state index contributed by atoms with van der Waals surface area (Å²) in [6.07, 6.45) is 41.7. The van der Waals surface area contributed by atoms with E-state index in [1.807, 2.05) is 0 Å². The second-order valence-corrected chi connectivity index (χ2v) is 14.9. The number of hydrogen-bond acceptors (Lipinski definition) is 2. The summed E-state index contributed by atoms with van der Waals surface area (Å²) in [7, 11) is 4.43. The molecule has 0 aromatic heterocycles. The van der Waals surface area contributed by atoms with Crippen LogP contribution in [0.15, 0.2) is 0 Å². The number of unbranched alkanes of at least 4 members (excludes halogenated alkanes) is 20. The first-order valence-electron chi connectivity index (χ1n) is 20.4. The van der Waals surface area contributed by atoms with E-state index in [1.54, 1.807) is 0 Å². The highest BCUT2D eigenvalue weighted by Gasteiger charge is 2.19. The molecule has 0 rings (SSSR count). The van der Waals surface area contributed by atoms with Gasteiger partial charge >= 0.3 is 0 Å². The van der Waals surface area contributed by atoms with Gasteiger partial charge in [-0.25, -0.2) is 0 Å². The third kappa shape index (κ3) is 31.7. The minimum atomic E-state index is 0.929. The Morgan fingerprint density at radius 2 is 0.605 bits per heavy atom. The van der Waals surface area contributed by atoms with Gasteiger partial charge in [0.15, 0.2) is 0 Å². The molecule has 0 spiro atoms. The van der Waals surface area contributed by atoms with Crippen molar-refractivity contribution in [1.29, 1.82) is 0 Å². The van der Waals surface area contributed by atoms with Crippen molar-refractivity contribution >= 4 is 0 Å². The van der Waals surface area contributed by atoms with Crippen molar-refractivity contribution in [2.45, 2.75) is 214 Å². The fraction of sp³-hybridized carbons (Fsp3) is 1.00. The molecule has 0 N–H and O–H groups in total. The van der Waals surface area contributed by atoms with Gasteiger partial charge in [0.05, 0.1) is 0 Å². The molecule has 0 aliphatic carbocycles. The molecular formula is C41H86N2. The Morgan fingerprint density at radius 3 is 0.953 bits per heavy atom. The zero-order valence-corrected chi connectivity index (χ0v) is 31.4. The van der Waals surface area contributed by atoms with Gasteiger partial charge in [-0.05, 0) is 77.5 Å². The molecule has 0 bridgehead atoms. The van der Waals surface area contributed by atoms with Crippen LogP contribution in [0.25, 0.3) is 0 Å². The van der Waals surface area contributed by atoms with Crippen molar-refractivity contribution in [2.75, 3.05) is 40.3 Å². The van der Waals surface area contributed by atoms with Crippen molar-refractivity contribution in [3.05, 3.63) is 0 Å². The van der Waals surface area contributed by atoms with Gasteiger partial charge in [-0.15, -0.1) is 0 Å². The molecule has 0 radical (unpaired) electrons. The molecule has 0 heterocycles. The van der Waals surface area contributed by atoms with Gasteiger partial charge in [-0.2, -0.15) is 0 Å². The Hall–Kier alpha value is -0.0800. The minimum Gasteiger partial charge on any atom is -0.309 e. The van der Waals surface area contributed by atoms with Crippen LogP contribution in [0.3, 0.4) is 0 Å². The van der Waals surface area contributed by atoms with Crippen LogP contribution in [0.4, 0.5) is 0 Å². The summed E-state index contributed by atoms with van der Waals surface area (Å²) in [5, 5.41) is 0. The van der Waals surface area contributed by atoms with Gasteiger partial charge in [0.1, 0.15) is 0 Å². The van der Waals surface area contributed by atoms with Gasteiger partial charge in [-0.1, -0.05) is 175 Å². The fourth-order valence-corrected chi connectivity index (χ4v) is 7.08. The third-order valence-electron chi connectivity index (χ3n) is 9.98. The maximum absolute atomic E-state index is 3.02. The summed E-state index contributed by atoms with van der Waals surface area (Å²) < 4.78 is 0. The summed E-state index contributed by atoms with van der Waals surface area (Å²) in [5.41, 5.74) is 0. The first-order chi connectivity index (χ1) is 21.1. The molecule has 2 atom stereocenters. The average Bonchev–Trinajstić information content (AvgIpc) is 2.99. The highest BCUT2D eigenvalue weighted by atomic mass is 15.1. The minimum absolute atomic E-state index is 0.929. The van der Waals surface area contributed by atoms with Crippen LogP contribution in [0.5, 0.6) is 0 Å². The zero-order chi connectivity index (χ0) is 31.6. The second-order valence-electron chi connectivity index (χ2n) is 14.9. The summed E-state index contributed by atoms with van der Waals surface area (Å²) >= 11 is 0. The predicted molar refractivity (Wildman–Crippen MR) is 199 cm³/mol. The third-order valence-corrected chi connectivity index (χ3v) is 9.98. The number of hydrogen-bond donors (Lipinski definition) is 0. The zero-order valence-electron chi connectivity index (χ0n) is 31.4. The van der Waals surface area contributed by atoms with Crippen molar-refractivity contribution < 1.29 is 0 Å². The van der Waals surface area contributed by atoms with Crippen LogP contribution in [-0.2, 0) is 0 Å². The first-order valence-corrected chi connectivity index (χ1v) is 20.4. The van der Waals surface area contributed by atoms with Crippen LogP contribution >= 0.6 is 0 Å². The largest absolute Gasteiger partial charge is 0.309 e. The second kappa shape index (κ2) is 34.8. The lowest BCUT2D eigenvalue weighted by Crippen LogP contribution is -2.35. The van der Waals surface area contributed by atoms with Crippen molar-refractivity contribution in [1.82, 2.24) is 9.80 Å². The van der Waals surface area contributed by atoms with E-state index in [0.717, 1.165) is 11.8 Å². The fourth-order valence-electron chi connectivity index (χ4n) is 7.08. The molecule has 0 aliphatic heterocycles. The standard InChI is InChI=1S/C41H86N2/c1-7-11-15-19-22-28-34-40(32-26-17-13-9-3)38-43(37-31-25-21-24-30-36-42(5)6)39-41(33-27-18-14-10-4)35-29-23-20-16-12-8-2/h40-41H,7-39H2,1-6H3. The molecule has 0 saturated heterocycles. The van der Waals surface area contributed by atoms with Crippen LogP contribution in [0.1, 0.15) is 214 Å². The normalized spacial score (nSPS) is 13.4. The lowest BCUT2D eigenvalue weighted by Gasteiger charge is -2.31. The van der Waals surface area contributed by atoms with Crippen LogP contribution in [-0.4, -0.2) is 50.1 Å². The molecule has 0 aliphatic rings. The Labute approximate surface area is 275 Å². The smallest absolute Gasteiger partial charge is 0.000977 e. The maximum atomic E-state index is 3.02. The van der Waals surface area contributed by atoms with E-state index in [0.29, 0.717) is 0 Å². The monoisotopic (exact) mass is 607 g/mol. The van der Waals surface area contributed by atoms with E-state index in [9.17, 15) is 0 Å². The molecule has 0 saturated carbocycles. The number of rotatable bonds is 36. The lowest BCUT2D eigenvalue weighted by molar-refractivity contribution is 0.170. The highest BCUT2D eigenvalue weighted by Crippen LogP contribution is 2.25. The van der Waals surface area contributed by atoms with E-state index in [4.69, 9.17) is 0 Å². The summed E-state index contributed by atoms with van der Waals surface area (Å²) in [4.78, 5) is 5.36. The predicted octanol–water partition coefficient (Wildman–Crippen LogP) is 13.5. The summed E-state index contributed by atoms with van der Waals surface area (Å²) in [6.45, 7) is 14.8. The molecule has 260 valence electrons. The average molecular weight is 607 g/mol. The molecule has 43 heavy (non-hydrogen) atoms. The molecule has 0 amide bonds. The molecular weight excluding hydrogens is 520 g/mol. The highest BCUT2D eigenvalue weighted by molar-refractivity contribution is 4.73. The van der Waals surface area contributed by atoms with Crippen molar-refractivity contribution in [3.8, 4) is 0 Å². The van der Waals surface area contributed by atoms with Crippen LogP contribution in [0.2, 0.25) is 0 Å². The van der Waals surface area contributed by atoms with E-state index >= 15 is 0 Å². The van der Waals surface area contributed by atoms with Gasteiger partial charge in [-0.3, -0.25) is 0 Å². The van der Waals surface area contributed by atoms with Gasteiger partial charge in [0.2, 0.25) is 0 Å². The van der Waals surface area contributed by atoms with Crippen molar-refractivity contribution in [3.63, 3.8) is 0 Å². The summed E-state index contributed by atoms with van der Waals surface area (Å²) in [6, 6.07) is 0. The van der Waals surface area contributed by atoms with Gasteiger partial charge in [0.25, 0.3) is 0 Å². The Balaban J connectivity index is 5.21. The van der Waals surface area contributed by atoms with Crippen LogP contribution in [0, 0.1) is 11.8 Å². The topological polar surface area (TPSA) is 6.48 Å².